The monoisotopic (exact) mass is 212 g/mol. The third kappa shape index (κ3) is 2.34. The maximum atomic E-state index is 12.8. The molecule has 0 bridgehead atoms. The molecule has 5 nitrogen and oxygen atoms in total. The quantitative estimate of drug-likeness (QED) is 0.332. The number of hydrogen-bond donors (Lipinski definition) is 0. The molecule has 15 heavy (non-hydrogen) atoms. The standard InChI is InChI=1S/C9H9FN2O3/c1-5(2)8(13)6-3-7(12(14)15)9(10)11-4-6/h3-5H,1-2H3. The summed E-state index contributed by atoms with van der Waals surface area (Å²) >= 11 is 0. The molecule has 0 aliphatic carbocycles. The number of rotatable bonds is 3. The van der Waals surface area contributed by atoms with Gasteiger partial charge in [-0.1, -0.05) is 13.8 Å². The van der Waals surface area contributed by atoms with Gasteiger partial charge in [-0.05, 0) is 0 Å². The number of ketones is 1. The van der Waals surface area contributed by atoms with Crippen molar-refractivity contribution in [3.05, 3.63) is 33.9 Å². The Labute approximate surface area is 85.1 Å². The van der Waals surface area contributed by atoms with Gasteiger partial charge in [0.2, 0.25) is 0 Å². The van der Waals surface area contributed by atoms with Crippen molar-refractivity contribution >= 4 is 11.5 Å². The highest BCUT2D eigenvalue weighted by Crippen LogP contribution is 2.18. The molecule has 6 heteroatoms. The highest BCUT2D eigenvalue weighted by atomic mass is 19.1. The summed E-state index contributed by atoms with van der Waals surface area (Å²) in [5, 5.41) is 10.4. The first-order valence-corrected chi connectivity index (χ1v) is 4.27. The summed E-state index contributed by atoms with van der Waals surface area (Å²) in [5.74, 6) is -1.79. The van der Waals surface area contributed by atoms with Crippen molar-refractivity contribution in [3.8, 4) is 0 Å². The minimum atomic E-state index is -1.18. The molecule has 1 heterocycles. The first-order valence-electron chi connectivity index (χ1n) is 4.27. The Hall–Kier alpha value is -1.85. The van der Waals surface area contributed by atoms with Gasteiger partial charge in [-0.3, -0.25) is 14.9 Å². The number of carbonyl (C=O) groups is 1. The Bertz CT molecular complexity index is 418. The molecule has 0 aromatic carbocycles. The molecule has 0 saturated heterocycles. The zero-order chi connectivity index (χ0) is 11.6. The van der Waals surface area contributed by atoms with E-state index in [4.69, 9.17) is 0 Å². The molecule has 1 aromatic rings. The van der Waals surface area contributed by atoms with Crippen LogP contribution in [0.2, 0.25) is 0 Å². The van der Waals surface area contributed by atoms with Gasteiger partial charge in [0.1, 0.15) is 0 Å². The molecule has 0 N–H and O–H groups in total. The van der Waals surface area contributed by atoms with Crippen molar-refractivity contribution in [2.45, 2.75) is 13.8 Å². The van der Waals surface area contributed by atoms with Gasteiger partial charge in [0.25, 0.3) is 5.95 Å². The van der Waals surface area contributed by atoms with Gasteiger partial charge in [0, 0.05) is 23.7 Å². The molecule has 0 unspecified atom stereocenters. The van der Waals surface area contributed by atoms with E-state index in [9.17, 15) is 19.3 Å². The Balaban J connectivity index is 3.19. The normalized spacial score (nSPS) is 10.4. The van der Waals surface area contributed by atoms with Crippen molar-refractivity contribution in [3.63, 3.8) is 0 Å². The highest BCUT2D eigenvalue weighted by molar-refractivity contribution is 5.97. The van der Waals surface area contributed by atoms with Crippen molar-refractivity contribution in [2.75, 3.05) is 0 Å². The summed E-state index contributed by atoms with van der Waals surface area (Å²) in [7, 11) is 0. The molecule has 0 fully saturated rings. The predicted molar refractivity (Wildman–Crippen MR) is 50.0 cm³/mol. The van der Waals surface area contributed by atoms with E-state index in [0.29, 0.717) is 0 Å². The van der Waals surface area contributed by atoms with E-state index in [2.05, 4.69) is 4.98 Å². The summed E-state index contributed by atoms with van der Waals surface area (Å²) in [6.45, 7) is 3.30. The molecule has 0 aliphatic heterocycles. The molecular formula is C9H9FN2O3. The fourth-order valence-corrected chi connectivity index (χ4v) is 1.03. The van der Waals surface area contributed by atoms with Crippen LogP contribution in [0.3, 0.4) is 0 Å². The van der Waals surface area contributed by atoms with Gasteiger partial charge in [-0.15, -0.1) is 0 Å². The second-order valence-corrected chi connectivity index (χ2v) is 3.31. The van der Waals surface area contributed by atoms with Crippen LogP contribution in [-0.4, -0.2) is 15.7 Å². The zero-order valence-electron chi connectivity index (χ0n) is 8.23. The van der Waals surface area contributed by atoms with Crippen LogP contribution in [0.1, 0.15) is 24.2 Å². The second kappa shape index (κ2) is 4.12. The maximum absolute atomic E-state index is 12.8. The molecule has 80 valence electrons. The average molecular weight is 212 g/mol. The van der Waals surface area contributed by atoms with Gasteiger partial charge >= 0.3 is 5.69 Å². The smallest absolute Gasteiger partial charge is 0.294 e. The summed E-state index contributed by atoms with van der Waals surface area (Å²) in [6, 6.07) is 0.907. The lowest BCUT2D eigenvalue weighted by atomic mass is 10.0. The van der Waals surface area contributed by atoms with Crippen LogP contribution in [0.4, 0.5) is 10.1 Å². The van der Waals surface area contributed by atoms with Crippen molar-refractivity contribution in [2.24, 2.45) is 5.92 Å². The molecule has 0 amide bonds. The maximum Gasteiger partial charge on any atom is 0.324 e. The number of hydrogen-bond acceptors (Lipinski definition) is 4. The molecule has 0 saturated carbocycles. The first-order chi connectivity index (χ1) is 6.93. The molecule has 1 aromatic heterocycles. The number of halogens is 1. The van der Waals surface area contributed by atoms with E-state index in [1.165, 1.54) is 0 Å². The van der Waals surface area contributed by atoms with Gasteiger partial charge < -0.3 is 0 Å². The number of pyridine rings is 1. The van der Waals surface area contributed by atoms with E-state index in [-0.39, 0.29) is 17.3 Å². The number of Topliss-reactive ketones (excluding diaryl/α,β-unsaturated/α-hetero) is 1. The van der Waals surface area contributed by atoms with Gasteiger partial charge in [0.05, 0.1) is 4.92 Å². The van der Waals surface area contributed by atoms with E-state index in [1.807, 2.05) is 0 Å². The van der Waals surface area contributed by atoms with Gasteiger partial charge in [-0.2, -0.15) is 4.39 Å². The Morgan fingerprint density at radius 2 is 2.20 bits per heavy atom. The third-order valence-corrected chi connectivity index (χ3v) is 1.83. The zero-order valence-corrected chi connectivity index (χ0v) is 8.23. The Morgan fingerprint density at radius 3 is 2.67 bits per heavy atom. The van der Waals surface area contributed by atoms with E-state index >= 15 is 0 Å². The summed E-state index contributed by atoms with van der Waals surface area (Å²) < 4.78 is 12.8. The predicted octanol–water partition coefficient (Wildman–Crippen LogP) is 1.97. The van der Waals surface area contributed by atoms with Crippen molar-refractivity contribution in [1.82, 2.24) is 4.98 Å². The fourth-order valence-electron chi connectivity index (χ4n) is 1.03. The van der Waals surface area contributed by atoms with Crippen LogP contribution in [0.25, 0.3) is 0 Å². The molecule has 1 rings (SSSR count). The van der Waals surface area contributed by atoms with Crippen LogP contribution < -0.4 is 0 Å². The Kier molecular flexibility index (Phi) is 3.08. The van der Waals surface area contributed by atoms with Gasteiger partial charge in [0.15, 0.2) is 5.78 Å². The third-order valence-electron chi connectivity index (χ3n) is 1.83. The number of nitro groups is 1. The van der Waals surface area contributed by atoms with Crippen LogP contribution in [0.5, 0.6) is 0 Å². The molecular weight excluding hydrogens is 203 g/mol. The SMILES string of the molecule is CC(C)C(=O)c1cnc(F)c([N+](=O)[O-])c1. The summed E-state index contributed by atoms with van der Waals surface area (Å²) in [6.07, 6.45) is 1.00. The van der Waals surface area contributed by atoms with E-state index in [1.54, 1.807) is 13.8 Å². The largest absolute Gasteiger partial charge is 0.324 e. The second-order valence-electron chi connectivity index (χ2n) is 3.31. The minimum Gasteiger partial charge on any atom is -0.294 e. The van der Waals surface area contributed by atoms with Crippen LogP contribution in [-0.2, 0) is 0 Å². The van der Waals surface area contributed by atoms with Crippen LogP contribution >= 0.6 is 0 Å². The van der Waals surface area contributed by atoms with Crippen LogP contribution in [0, 0.1) is 22.0 Å². The van der Waals surface area contributed by atoms with Gasteiger partial charge in [-0.25, -0.2) is 4.98 Å². The fraction of sp³-hybridized carbons (Fsp3) is 0.333. The Morgan fingerprint density at radius 1 is 1.60 bits per heavy atom. The first kappa shape index (κ1) is 11.2. The lowest BCUT2D eigenvalue weighted by Gasteiger charge is -2.03. The van der Waals surface area contributed by atoms with Crippen molar-refractivity contribution in [1.29, 1.82) is 0 Å². The van der Waals surface area contributed by atoms with Crippen molar-refractivity contribution < 1.29 is 14.1 Å². The number of carbonyl (C=O) groups excluding carboxylic acids is 1. The minimum absolute atomic E-state index is 0.0538. The highest BCUT2D eigenvalue weighted by Gasteiger charge is 2.20. The number of aromatic nitrogens is 1. The molecule has 0 radical (unpaired) electrons. The number of nitrogens with zero attached hydrogens (tertiary/aromatic N) is 2. The summed E-state index contributed by atoms with van der Waals surface area (Å²) in [4.78, 5) is 24.1. The van der Waals surface area contributed by atoms with Crippen LogP contribution in [0.15, 0.2) is 12.3 Å². The molecule has 0 spiro atoms. The lowest BCUT2D eigenvalue weighted by molar-refractivity contribution is -0.388. The summed E-state index contributed by atoms with van der Waals surface area (Å²) in [5.41, 5.74) is -0.723. The van der Waals surface area contributed by atoms with E-state index < -0.39 is 16.6 Å². The van der Waals surface area contributed by atoms with E-state index in [0.717, 1.165) is 12.3 Å². The molecule has 0 aliphatic rings. The average Bonchev–Trinajstić information content (AvgIpc) is 2.16. The molecule has 0 atom stereocenters. The lowest BCUT2D eigenvalue weighted by Crippen LogP contribution is -2.09. The topological polar surface area (TPSA) is 73.1 Å².